The Labute approximate surface area is 148 Å². The van der Waals surface area contributed by atoms with Gasteiger partial charge in [-0.1, -0.05) is 18.2 Å². The van der Waals surface area contributed by atoms with Crippen LogP contribution in [0.15, 0.2) is 61.3 Å². The van der Waals surface area contributed by atoms with Crippen LogP contribution in [-0.4, -0.2) is 31.2 Å². The minimum absolute atomic E-state index is 0.0605. The summed E-state index contributed by atoms with van der Waals surface area (Å²) in [5, 5.41) is 19.7. The van der Waals surface area contributed by atoms with Crippen molar-refractivity contribution >= 4 is 22.3 Å². The van der Waals surface area contributed by atoms with E-state index in [0.717, 1.165) is 27.7 Å². The average Bonchev–Trinajstić information content (AvgIpc) is 3.33. The molecule has 0 spiro atoms. The lowest BCUT2D eigenvalue weighted by molar-refractivity contribution is -0.384. The molecule has 8 heteroatoms. The summed E-state index contributed by atoms with van der Waals surface area (Å²) < 4.78 is 1.73. The van der Waals surface area contributed by atoms with Crippen LogP contribution in [0.25, 0.3) is 22.0 Å². The highest BCUT2D eigenvalue weighted by Gasteiger charge is 2.15. The van der Waals surface area contributed by atoms with Crippen LogP contribution in [0.3, 0.4) is 0 Å². The molecular formula is C18H16N6O2. The van der Waals surface area contributed by atoms with Gasteiger partial charge in [0.15, 0.2) is 0 Å². The number of nitro groups is 1. The zero-order valence-electron chi connectivity index (χ0n) is 13.8. The second-order valence-corrected chi connectivity index (χ2v) is 5.82. The van der Waals surface area contributed by atoms with Crippen molar-refractivity contribution in [1.82, 2.24) is 19.7 Å². The maximum atomic E-state index is 11.2. The van der Waals surface area contributed by atoms with E-state index in [4.69, 9.17) is 0 Å². The minimum Gasteiger partial charge on any atom is -0.383 e. The predicted octanol–water partition coefficient (Wildman–Crippen LogP) is 3.45. The number of non-ortho nitro benzene ring substituents is 1. The maximum Gasteiger partial charge on any atom is 0.270 e. The van der Waals surface area contributed by atoms with Gasteiger partial charge in [-0.3, -0.25) is 14.8 Å². The number of anilines is 1. The molecule has 0 aliphatic rings. The predicted molar refractivity (Wildman–Crippen MR) is 98.9 cm³/mol. The summed E-state index contributed by atoms with van der Waals surface area (Å²) in [6, 6.07) is 12.8. The average molecular weight is 348 g/mol. The van der Waals surface area contributed by atoms with E-state index < -0.39 is 0 Å². The van der Waals surface area contributed by atoms with Crippen molar-refractivity contribution in [1.29, 1.82) is 0 Å². The fourth-order valence-electron chi connectivity index (χ4n) is 2.99. The third-order valence-corrected chi connectivity index (χ3v) is 4.21. The lowest BCUT2D eigenvalue weighted by atomic mass is 10.0. The Kier molecular flexibility index (Phi) is 4.06. The molecule has 0 bridgehead atoms. The Morgan fingerprint density at radius 2 is 2.12 bits per heavy atom. The Bertz CT molecular complexity index is 1050. The first-order chi connectivity index (χ1) is 12.7. The van der Waals surface area contributed by atoms with Crippen LogP contribution in [-0.2, 0) is 6.54 Å². The number of para-hydroxylation sites is 1. The molecule has 8 nitrogen and oxygen atoms in total. The van der Waals surface area contributed by atoms with Crippen molar-refractivity contribution in [2.75, 3.05) is 11.9 Å². The SMILES string of the molecule is O=[N+]([O-])c1ccc(NCCn2cncn2)c(-c2cccc3cc[nH]c23)c1. The van der Waals surface area contributed by atoms with E-state index in [1.165, 1.54) is 12.4 Å². The fourth-order valence-corrected chi connectivity index (χ4v) is 2.99. The van der Waals surface area contributed by atoms with Crippen LogP contribution in [0.4, 0.5) is 11.4 Å². The molecule has 2 aromatic carbocycles. The van der Waals surface area contributed by atoms with Crippen molar-refractivity contribution in [3.05, 3.63) is 71.4 Å². The van der Waals surface area contributed by atoms with Gasteiger partial charge in [0.05, 0.1) is 17.0 Å². The van der Waals surface area contributed by atoms with Crippen LogP contribution < -0.4 is 5.32 Å². The molecule has 0 amide bonds. The summed E-state index contributed by atoms with van der Waals surface area (Å²) in [5.74, 6) is 0. The molecule has 0 saturated heterocycles. The number of hydrogen-bond acceptors (Lipinski definition) is 5. The van der Waals surface area contributed by atoms with Crippen LogP contribution in [0.1, 0.15) is 0 Å². The van der Waals surface area contributed by atoms with Gasteiger partial charge >= 0.3 is 0 Å². The van der Waals surface area contributed by atoms with Gasteiger partial charge in [-0.15, -0.1) is 0 Å². The second-order valence-electron chi connectivity index (χ2n) is 5.82. The Hall–Kier alpha value is -3.68. The molecule has 0 unspecified atom stereocenters. The molecule has 0 aliphatic heterocycles. The molecule has 0 atom stereocenters. The van der Waals surface area contributed by atoms with Gasteiger partial charge in [0.25, 0.3) is 5.69 Å². The first-order valence-corrected chi connectivity index (χ1v) is 8.13. The Morgan fingerprint density at radius 1 is 1.19 bits per heavy atom. The molecular weight excluding hydrogens is 332 g/mol. The minimum atomic E-state index is -0.377. The molecule has 0 radical (unpaired) electrons. The summed E-state index contributed by atoms with van der Waals surface area (Å²) >= 11 is 0. The molecule has 4 aromatic rings. The largest absolute Gasteiger partial charge is 0.383 e. The lowest BCUT2D eigenvalue weighted by Crippen LogP contribution is -2.11. The summed E-state index contributed by atoms with van der Waals surface area (Å²) in [5.41, 5.74) is 3.54. The van der Waals surface area contributed by atoms with Crippen LogP contribution in [0, 0.1) is 10.1 Å². The van der Waals surface area contributed by atoms with Gasteiger partial charge in [0, 0.05) is 41.7 Å². The summed E-state index contributed by atoms with van der Waals surface area (Å²) in [7, 11) is 0. The highest BCUT2D eigenvalue weighted by atomic mass is 16.6. The van der Waals surface area contributed by atoms with Crippen molar-refractivity contribution in [2.45, 2.75) is 6.54 Å². The zero-order valence-corrected chi connectivity index (χ0v) is 13.8. The third-order valence-electron chi connectivity index (χ3n) is 4.21. The summed E-state index contributed by atoms with van der Waals surface area (Å²) in [4.78, 5) is 18.0. The van der Waals surface area contributed by atoms with E-state index in [-0.39, 0.29) is 10.6 Å². The van der Waals surface area contributed by atoms with E-state index in [2.05, 4.69) is 20.4 Å². The Balaban J connectivity index is 1.71. The third kappa shape index (κ3) is 3.00. The first kappa shape index (κ1) is 15.8. The number of rotatable bonds is 6. The van der Waals surface area contributed by atoms with Crippen molar-refractivity contribution in [3.63, 3.8) is 0 Å². The number of benzene rings is 2. The number of nitrogens with zero attached hydrogens (tertiary/aromatic N) is 4. The number of nitrogens with one attached hydrogen (secondary N) is 2. The molecule has 2 aromatic heterocycles. The van der Waals surface area contributed by atoms with Crippen LogP contribution in [0.5, 0.6) is 0 Å². The highest BCUT2D eigenvalue weighted by Crippen LogP contribution is 2.35. The van der Waals surface area contributed by atoms with E-state index in [9.17, 15) is 10.1 Å². The quantitative estimate of drug-likeness (QED) is 0.410. The van der Waals surface area contributed by atoms with Gasteiger partial charge in [-0.05, 0) is 17.5 Å². The number of fused-ring (bicyclic) bond motifs is 1. The molecule has 0 saturated carbocycles. The number of hydrogen-bond donors (Lipinski definition) is 2. The first-order valence-electron chi connectivity index (χ1n) is 8.13. The molecule has 130 valence electrons. The van der Waals surface area contributed by atoms with E-state index in [1.54, 1.807) is 23.1 Å². The molecule has 2 heterocycles. The fraction of sp³-hybridized carbons (Fsp3) is 0.111. The van der Waals surface area contributed by atoms with E-state index in [1.807, 2.05) is 30.5 Å². The number of aromatic amines is 1. The standard InChI is InChI=1S/C18H16N6O2/c25-24(26)14-4-5-17(20-8-9-23-12-19-11-22-23)16(10-14)15-3-1-2-13-6-7-21-18(13)15/h1-7,10-12,20-21H,8-9H2. The normalized spacial score (nSPS) is 10.9. The molecule has 0 aliphatic carbocycles. The van der Waals surface area contributed by atoms with Crippen molar-refractivity contribution in [2.24, 2.45) is 0 Å². The van der Waals surface area contributed by atoms with Gasteiger partial charge in [0.1, 0.15) is 12.7 Å². The molecule has 0 fully saturated rings. The van der Waals surface area contributed by atoms with Crippen LogP contribution >= 0.6 is 0 Å². The topological polar surface area (TPSA) is 102 Å². The van der Waals surface area contributed by atoms with Gasteiger partial charge < -0.3 is 10.3 Å². The maximum absolute atomic E-state index is 11.2. The van der Waals surface area contributed by atoms with Gasteiger partial charge in [0.2, 0.25) is 0 Å². The molecule has 26 heavy (non-hydrogen) atoms. The molecule has 2 N–H and O–H groups in total. The monoisotopic (exact) mass is 348 g/mol. The zero-order chi connectivity index (χ0) is 17.9. The van der Waals surface area contributed by atoms with E-state index >= 15 is 0 Å². The summed E-state index contributed by atoms with van der Waals surface area (Å²) in [6.07, 6.45) is 5.00. The smallest absolute Gasteiger partial charge is 0.270 e. The van der Waals surface area contributed by atoms with E-state index in [0.29, 0.717) is 13.1 Å². The molecule has 4 rings (SSSR count). The number of nitro benzene ring substituents is 1. The summed E-state index contributed by atoms with van der Waals surface area (Å²) in [6.45, 7) is 1.26. The second kappa shape index (κ2) is 6.67. The lowest BCUT2D eigenvalue weighted by Gasteiger charge is -2.13. The van der Waals surface area contributed by atoms with Crippen LogP contribution in [0.2, 0.25) is 0 Å². The number of aromatic nitrogens is 4. The van der Waals surface area contributed by atoms with Crippen molar-refractivity contribution in [3.8, 4) is 11.1 Å². The highest BCUT2D eigenvalue weighted by molar-refractivity contribution is 5.97. The Morgan fingerprint density at radius 3 is 2.92 bits per heavy atom. The van der Waals surface area contributed by atoms with Gasteiger partial charge in [-0.2, -0.15) is 5.10 Å². The van der Waals surface area contributed by atoms with Gasteiger partial charge in [-0.25, -0.2) is 4.98 Å². The number of H-pyrrole nitrogens is 1. The van der Waals surface area contributed by atoms with Crippen molar-refractivity contribution < 1.29 is 4.92 Å².